The van der Waals surface area contributed by atoms with Gasteiger partial charge in [-0.3, -0.25) is 0 Å². The first-order valence-corrected chi connectivity index (χ1v) is 8.34. The smallest absolute Gasteiger partial charge is 0.236 e. The highest BCUT2D eigenvalue weighted by atomic mass is 35.5. The van der Waals surface area contributed by atoms with Gasteiger partial charge in [0.25, 0.3) is 0 Å². The molecule has 0 unspecified atom stereocenters. The number of fused-ring (bicyclic) bond motifs is 1. The Balaban J connectivity index is 1.99. The van der Waals surface area contributed by atoms with E-state index in [0.717, 1.165) is 24.6 Å². The van der Waals surface area contributed by atoms with Crippen molar-refractivity contribution in [3.63, 3.8) is 0 Å². The summed E-state index contributed by atoms with van der Waals surface area (Å²) < 4.78 is 27.6. The fraction of sp³-hybridized carbons (Fsp3) is 0.357. The first kappa shape index (κ1) is 13.8. The lowest BCUT2D eigenvalue weighted by molar-refractivity contribution is 0.248. The molecular formula is C14H15ClN2O2S. The summed E-state index contributed by atoms with van der Waals surface area (Å²) in [5.41, 5.74) is 0.387. The molecule has 0 aliphatic heterocycles. The number of sulfonamides is 1. The van der Waals surface area contributed by atoms with Crippen molar-refractivity contribution < 1.29 is 8.42 Å². The molecule has 0 saturated heterocycles. The molecule has 0 amide bonds. The Kier molecular flexibility index (Phi) is 3.23. The van der Waals surface area contributed by atoms with Gasteiger partial charge in [-0.2, -0.15) is 0 Å². The maximum Gasteiger partial charge on any atom is 0.241 e. The Morgan fingerprint density at radius 2 is 2.00 bits per heavy atom. The number of nitrogens with zero attached hydrogens (tertiary/aromatic N) is 1. The zero-order valence-corrected chi connectivity index (χ0v) is 12.6. The summed E-state index contributed by atoms with van der Waals surface area (Å²) in [5.74, 6) is 0. The fourth-order valence-corrected chi connectivity index (χ4v) is 4.09. The van der Waals surface area contributed by atoms with Crippen molar-refractivity contribution in [1.82, 2.24) is 9.71 Å². The lowest BCUT2D eigenvalue weighted by Crippen LogP contribution is -2.50. The van der Waals surface area contributed by atoms with Gasteiger partial charge in [-0.05, 0) is 56.5 Å². The third-order valence-corrected chi connectivity index (χ3v) is 5.62. The largest absolute Gasteiger partial charge is 0.241 e. The van der Waals surface area contributed by atoms with Crippen molar-refractivity contribution in [3.05, 3.63) is 35.5 Å². The van der Waals surface area contributed by atoms with Gasteiger partial charge in [-0.1, -0.05) is 11.6 Å². The van der Waals surface area contributed by atoms with Crippen LogP contribution in [0.25, 0.3) is 10.9 Å². The van der Waals surface area contributed by atoms with Crippen molar-refractivity contribution in [1.29, 1.82) is 0 Å². The van der Waals surface area contributed by atoms with E-state index in [1.165, 1.54) is 0 Å². The molecule has 1 aromatic heterocycles. The van der Waals surface area contributed by atoms with E-state index in [0.29, 0.717) is 10.7 Å². The minimum absolute atomic E-state index is 0.266. The number of hydrogen-bond acceptors (Lipinski definition) is 3. The predicted octanol–water partition coefficient (Wildman–Crippen LogP) is 3.11. The molecule has 4 nitrogen and oxygen atoms in total. The predicted molar refractivity (Wildman–Crippen MR) is 79.3 cm³/mol. The summed E-state index contributed by atoms with van der Waals surface area (Å²) in [7, 11) is -3.49. The van der Waals surface area contributed by atoms with E-state index in [-0.39, 0.29) is 10.4 Å². The Bertz CT molecular complexity index is 770. The van der Waals surface area contributed by atoms with Crippen molar-refractivity contribution in [2.24, 2.45) is 0 Å². The van der Waals surface area contributed by atoms with Crippen LogP contribution in [0.2, 0.25) is 5.15 Å². The standard InChI is InChI=1S/C14H15ClN2O2S/c1-14(7-2-8-14)17-20(18,19)11-4-5-12-10(9-11)3-6-13(15)16-12/h3-6,9,17H,2,7-8H2,1H3. The van der Waals surface area contributed by atoms with Crippen LogP contribution in [0.15, 0.2) is 35.2 Å². The first-order valence-electron chi connectivity index (χ1n) is 6.48. The second kappa shape index (κ2) is 4.69. The molecule has 20 heavy (non-hydrogen) atoms. The second-order valence-electron chi connectivity index (χ2n) is 5.51. The summed E-state index contributed by atoms with van der Waals surface area (Å²) in [4.78, 5) is 4.42. The number of rotatable bonds is 3. The van der Waals surface area contributed by atoms with Crippen LogP contribution in [0.1, 0.15) is 26.2 Å². The summed E-state index contributed by atoms with van der Waals surface area (Å²) >= 11 is 5.82. The van der Waals surface area contributed by atoms with E-state index in [1.54, 1.807) is 30.3 Å². The number of aromatic nitrogens is 1. The van der Waals surface area contributed by atoms with E-state index < -0.39 is 10.0 Å². The minimum Gasteiger partial charge on any atom is -0.236 e. The molecule has 0 atom stereocenters. The molecule has 3 rings (SSSR count). The van der Waals surface area contributed by atoms with Gasteiger partial charge >= 0.3 is 0 Å². The topological polar surface area (TPSA) is 59.1 Å². The van der Waals surface area contributed by atoms with Crippen LogP contribution in [-0.2, 0) is 10.0 Å². The average molecular weight is 311 g/mol. The summed E-state index contributed by atoms with van der Waals surface area (Å²) in [6.07, 6.45) is 2.84. The van der Waals surface area contributed by atoms with Gasteiger partial charge in [0.05, 0.1) is 10.4 Å². The normalized spacial score (nSPS) is 17.9. The maximum absolute atomic E-state index is 12.4. The van der Waals surface area contributed by atoms with Gasteiger partial charge in [0, 0.05) is 10.9 Å². The molecule has 1 fully saturated rings. The van der Waals surface area contributed by atoms with Gasteiger partial charge in [0.15, 0.2) is 0 Å². The molecule has 0 bridgehead atoms. The third-order valence-electron chi connectivity index (χ3n) is 3.77. The van der Waals surface area contributed by atoms with Crippen molar-refractivity contribution in [2.75, 3.05) is 0 Å². The zero-order valence-electron chi connectivity index (χ0n) is 11.1. The van der Waals surface area contributed by atoms with Gasteiger partial charge in [-0.25, -0.2) is 18.1 Å². The zero-order chi connectivity index (χ0) is 14.4. The summed E-state index contributed by atoms with van der Waals surface area (Å²) in [5, 5.41) is 1.16. The third kappa shape index (κ3) is 2.53. The first-order chi connectivity index (χ1) is 9.38. The number of halogens is 1. The molecule has 1 heterocycles. The van der Waals surface area contributed by atoms with Crippen LogP contribution in [0.5, 0.6) is 0 Å². The SMILES string of the molecule is CC1(NS(=O)(=O)c2ccc3nc(Cl)ccc3c2)CCC1. The van der Waals surface area contributed by atoms with Gasteiger partial charge in [-0.15, -0.1) is 0 Å². The molecule has 1 saturated carbocycles. The molecular weight excluding hydrogens is 296 g/mol. The van der Waals surface area contributed by atoms with Crippen molar-refractivity contribution in [2.45, 2.75) is 36.6 Å². The minimum atomic E-state index is -3.49. The highest BCUT2D eigenvalue weighted by Crippen LogP contribution is 2.33. The summed E-state index contributed by atoms with van der Waals surface area (Å²) in [6, 6.07) is 8.30. The molecule has 0 radical (unpaired) electrons. The lowest BCUT2D eigenvalue weighted by atomic mass is 9.80. The number of pyridine rings is 1. The van der Waals surface area contributed by atoms with Crippen LogP contribution in [0.3, 0.4) is 0 Å². The Morgan fingerprint density at radius 3 is 2.65 bits per heavy atom. The van der Waals surface area contributed by atoms with Crippen molar-refractivity contribution in [3.8, 4) is 0 Å². The van der Waals surface area contributed by atoms with Gasteiger partial charge < -0.3 is 0 Å². The van der Waals surface area contributed by atoms with E-state index in [1.807, 2.05) is 6.92 Å². The number of benzene rings is 1. The molecule has 6 heteroatoms. The Hall–Kier alpha value is -1.17. The van der Waals surface area contributed by atoms with Crippen LogP contribution in [0, 0.1) is 0 Å². The highest BCUT2D eigenvalue weighted by molar-refractivity contribution is 7.89. The maximum atomic E-state index is 12.4. The van der Waals surface area contributed by atoms with E-state index in [2.05, 4.69) is 9.71 Å². The van der Waals surface area contributed by atoms with E-state index >= 15 is 0 Å². The number of hydrogen-bond donors (Lipinski definition) is 1. The molecule has 1 N–H and O–H groups in total. The van der Waals surface area contributed by atoms with Crippen LogP contribution >= 0.6 is 11.6 Å². The van der Waals surface area contributed by atoms with Crippen LogP contribution in [-0.4, -0.2) is 18.9 Å². The Labute approximate surface area is 123 Å². The fourth-order valence-electron chi connectivity index (χ4n) is 2.44. The molecule has 1 aromatic carbocycles. The Morgan fingerprint density at radius 1 is 1.25 bits per heavy atom. The van der Waals surface area contributed by atoms with Crippen molar-refractivity contribution >= 4 is 32.5 Å². The van der Waals surface area contributed by atoms with Crippen LogP contribution < -0.4 is 4.72 Å². The summed E-state index contributed by atoms with van der Waals surface area (Å²) in [6.45, 7) is 1.94. The van der Waals surface area contributed by atoms with E-state index in [4.69, 9.17) is 11.6 Å². The lowest BCUT2D eigenvalue weighted by Gasteiger charge is -2.38. The van der Waals surface area contributed by atoms with Gasteiger partial charge in [0.1, 0.15) is 5.15 Å². The molecule has 0 spiro atoms. The highest BCUT2D eigenvalue weighted by Gasteiger charge is 2.36. The second-order valence-corrected chi connectivity index (χ2v) is 7.58. The van der Waals surface area contributed by atoms with Gasteiger partial charge in [0.2, 0.25) is 10.0 Å². The average Bonchev–Trinajstić information content (AvgIpc) is 2.35. The monoisotopic (exact) mass is 310 g/mol. The molecule has 2 aromatic rings. The molecule has 1 aliphatic rings. The molecule has 106 valence electrons. The number of nitrogens with one attached hydrogen (secondary N) is 1. The molecule has 1 aliphatic carbocycles. The quantitative estimate of drug-likeness (QED) is 0.886. The van der Waals surface area contributed by atoms with Crippen LogP contribution in [0.4, 0.5) is 0 Å². The van der Waals surface area contributed by atoms with E-state index in [9.17, 15) is 8.42 Å².